The third kappa shape index (κ3) is 8.83. The maximum Gasteiger partial charge on any atom is 0.420 e. The summed E-state index contributed by atoms with van der Waals surface area (Å²) in [6, 6.07) is 13.8. The number of fused-ring (bicyclic) bond motifs is 6. The van der Waals surface area contributed by atoms with Crippen LogP contribution in [0.4, 0.5) is 28.0 Å². The Labute approximate surface area is 413 Å². The molecule has 16 heteroatoms. The second kappa shape index (κ2) is 16.1. The average molecular weight is 975 g/mol. The van der Waals surface area contributed by atoms with Crippen molar-refractivity contribution in [3.8, 4) is 33.5 Å². The molecule has 4 heterocycles. The minimum Gasteiger partial charge on any atom is -0.444 e. The molecule has 2 bridgehead atoms. The topological polar surface area (TPSA) is 147 Å². The highest BCUT2D eigenvalue weighted by Gasteiger charge is 2.56. The molecule has 1 spiro atoms. The van der Waals surface area contributed by atoms with Crippen LogP contribution in [0.5, 0.6) is 0 Å². The van der Waals surface area contributed by atoms with Crippen LogP contribution in [0.15, 0.2) is 60.8 Å². The van der Waals surface area contributed by atoms with Gasteiger partial charge in [-0.3, -0.25) is 9.80 Å². The lowest BCUT2D eigenvalue weighted by molar-refractivity contribution is 0.00500. The number of nitrogens with zero attached hydrogens (tertiary/aromatic N) is 6. The summed E-state index contributed by atoms with van der Waals surface area (Å²) in [6.45, 7) is 21.9. The lowest BCUT2D eigenvalue weighted by atomic mass is 9.98. The Morgan fingerprint density at radius 1 is 0.634 bits per heavy atom. The first-order valence-corrected chi connectivity index (χ1v) is 24.8. The van der Waals surface area contributed by atoms with E-state index < -0.39 is 64.8 Å². The highest BCUT2D eigenvalue weighted by atomic mass is 19.3. The second-order valence-electron chi connectivity index (χ2n) is 24.3. The Morgan fingerprint density at radius 3 is 1.77 bits per heavy atom. The van der Waals surface area contributed by atoms with Gasteiger partial charge in [-0.05, 0) is 179 Å². The molecule has 14 nitrogen and oxygen atoms in total. The van der Waals surface area contributed by atoms with Gasteiger partial charge in [-0.25, -0.2) is 38.3 Å². The Balaban J connectivity index is 1.01. The molecule has 3 aromatic carbocycles. The first-order chi connectivity index (χ1) is 33.0. The van der Waals surface area contributed by atoms with Gasteiger partial charge in [0.2, 0.25) is 0 Å². The number of halogens is 2. The van der Waals surface area contributed by atoms with Gasteiger partial charge < -0.3 is 18.9 Å². The maximum absolute atomic E-state index is 17.2. The summed E-state index contributed by atoms with van der Waals surface area (Å²) in [5, 5.41) is 0. The van der Waals surface area contributed by atoms with Gasteiger partial charge >= 0.3 is 24.4 Å². The highest BCUT2D eigenvalue weighted by Crippen LogP contribution is 2.59. The normalized spacial score (nSPS) is 21.9. The molecule has 4 atom stereocenters. The summed E-state index contributed by atoms with van der Waals surface area (Å²) in [4.78, 5) is 69.1. The van der Waals surface area contributed by atoms with Crippen LogP contribution < -0.4 is 0 Å². The van der Waals surface area contributed by atoms with Gasteiger partial charge in [0.15, 0.2) is 0 Å². The van der Waals surface area contributed by atoms with Crippen molar-refractivity contribution in [1.29, 1.82) is 0 Å². The number of ether oxygens (including phenoxy) is 4. The molecule has 2 aromatic heterocycles. The highest BCUT2D eigenvalue weighted by molar-refractivity contribution is 5.92. The van der Waals surface area contributed by atoms with Crippen LogP contribution in [0.1, 0.15) is 156 Å². The van der Waals surface area contributed by atoms with Gasteiger partial charge in [0.05, 0.1) is 35.0 Å². The molecule has 5 aromatic rings. The van der Waals surface area contributed by atoms with Crippen molar-refractivity contribution >= 4 is 35.4 Å². The quantitative estimate of drug-likeness (QED) is 0.159. The lowest BCUT2D eigenvalue weighted by Gasteiger charge is -2.36. The van der Waals surface area contributed by atoms with Crippen LogP contribution in [-0.4, -0.2) is 88.3 Å². The van der Waals surface area contributed by atoms with Crippen LogP contribution in [0.25, 0.3) is 44.5 Å². The van der Waals surface area contributed by atoms with Crippen molar-refractivity contribution < 1.29 is 46.9 Å². The van der Waals surface area contributed by atoms with E-state index in [9.17, 15) is 19.2 Å². The van der Waals surface area contributed by atoms with E-state index in [0.29, 0.717) is 57.6 Å². The number of alkyl halides is 2. The number of piperidine rings is 1. The number of imidazole rings is 2. The van der Waals surface area contributed by atoms with Gasteiger partial charge in [0.1, 0.15) is 34.1 Å². The molecular formula is C55H64F2N6O8. The van der Waals surface area contributed by atoms with Crippen molar-refractivity contribution in [1.82, 2.24) is 28.9 Å². The number of hydrogen-bond donors (Lipinski definition) is 0. The summed E-state index contributed by atoms with van der Waals surface area (Å²) in [5.74, 6) is -2.78. The van der Waals surface area contributed by atoms with Crippen LogP contribution >= 0.6 is 0 Å². The summed E-state index contributed by atoms with van der Waals surface area (Å²) < 4.78 is 60.7. The molecule has 71 heavy (non-hydrogen) atoms. The zero-order valence-electron chi connectivity index (χ0n) is 42.7. The van der Waals surface area contributed by atoms with E-state index in [4.69, 9.17) is 28.9 Å². The van der Waals surface area contributed by atoms with E-state index in [0.717, 1.165) is 32.1 Å². The molecule has 4 fully saturated rings. The van der Waals surface area contributed by atoms with E-state index in [1.54, 1.807) is 115 Å². The smallest absolute Gasteiger partial charge is 0.420 e. The van der Waals surface area contributed by atoms with Crippen molar-refractivity contribution in [3.63, 3.8) is 0 Å². The molecular weight excluding hydrogens is 911 g/mol. The molecule has 2 aliphatic heterocycles. The number of carbonyl (C=O) groups excluding carboxylic acids is 4. The van der Waals surface area contributed by atoms with E-state index in [1.807, 2.05) is 20.8 Å². The fraction of sp³-hybridized carbons (Fsp3) is 0.527. The van der Waals surface area contributed by atoms with E-state index in [2.05, 4.69) is 0 Å². The van der Waals surface area contributed by atoms with Crippen LogP contribution in [0, 0.1) is 11.3 Å². The fourth-order valence-corrected chi connectivity index (χ4v) is 11.1. The van der Waals surface area contributed by atoms with Crippen molar-refractivity contribution in [2.75, 3.05) is 6.54 Å². The summed E-state index contributed by atoms with van der Waals surface area (Å²) in [5.41, 5.74) is -0.588. The summed E-state index contributed by atoms with van der Waals surface area (Å²) >= 11 is 0. The van der Waals surface area contributed by atoms with Crippen LogP contribution in [-0.2, 0) is 24.9 Å². The number of benzene rings is 3. The third-order valence-electron chi connectivity index (χ3n) is 14.1. The predicted molar refractivity (Wildman–Crippen MR) is 262 cm³/mol. The van der Waals surface area contributed by atoms with Crippen LogP contribution in [0.3, 0.4) is 0 Å². The number of amides is 2. The molecule has 2 saturated heterocycles. The third-order valence-corrected chi connectivity index (χ3v) is 14.1. The molecule has 0 N–H and O–H groups in total. The monoisotopic (exact) mass is 974 g/mol. The molecule has 0 radical (unpaired) electrons. The number of hydrogen-bond acceptors (Lipinski definition) is 10. The van der Waals surface area contributed by atoms with Gasteiger partial charge in [0, 0.05) is 29.3 Å². The second-order valence-corrected chi connectivity index (χ2v) is 24.3. The molecule has 2 amide bonds. The number of carbonyl (C=O) groups is 4. The van der Waals surface area contributed by atoms with E-state index >= 15 is 8.78 Å². The minimum atomic E-state index is -3.46. The Kier molecular flexibility index (Phi) is 11.0. The first kappa shape index (κ1) is 48.3. The van der Waals surface area contributed by atoms with Gasteiger partial charge in [-0.1, -0.05) is 30.3 Å². The van der Waals surface area contributed by atoms with Crippen molar-refractivity contribution in [2.24, 2.45) is 11.3 Å². The standard InChI is InChI=1S/C55H64F2N6O8/c1-50(2,3)68-46(64)60-29-54(21-22-54)27-41(60)44-58-28-42(63(44)49(67)71-53(10,11)12)32-15-19-36-35-18-14-30(24-37(35)55(56,57)38(36)25-32)31-16-20-39-40(26-31)62(48(66)70-52(7,8)9)45(59-39)43-33-13-17-34(23-33)61(43)47(65)69-51(4,5)6/h14-16,18-20,24-26,28,33-34,41,43H,13,17,21-23,27,29H2,1-12H3/t33?,34-,41+,43?/m1/s1. The Morgan fingerprint density at radius 2 is 1.17 bits per heavy atom. The summed E-state index contributed by atoms with van der Waals surface area (Å²) in [6.07, 6.45) is 3.95. The molecule has 2 saturated carbocycles. The average Bonchev–Trinajstić information content (AvgIpc) is 3.85. The van der Waals surface area contributed by atoms with Gasteiger partial charge in [-0.2, -0.15) is 8.78 Å². The Hall–Kier alpha value is -6.32. The SMILES string of the molecule is CC(C)(C)OC(=O)N1CC2(CC2)C[C@H]1c1ncc(-c2ccc3c(c2)C(F)(F)c2cc(-c4ccc5nc(C6C7CC[C@H](C7)N6C(=O)OC(C)(C)C)n(C(=O)OC(C)(C)C)c5c4)ccc2-3)n1C(=O)OC(C)(C)C. The molecule has 376 valence electrons. The van der Waals surface area contributed by atoms with Gasteiger partial charge in [0.25, 0.3) is 5.92 Å². The maximum atomic E-state index is 17.2. The minimum absolute atomic E-state index is 0.0441. The molecule has 5 aliphatic rings. The predicted octanol–water partition coefficient (Wildman–Crippen LogP) is 13.2. The van der Waals surface area contributed by atoms with Gasteiger partial charge in [-0.15, -0.1) is 0 Å². The molecule has 3 aliphatic carbocycles. The number of aromatic nitrogens is 4. The van der Waals surface area contributed by atoms with Crippen LogP contribution in [0.2, 0.25) is 0 Å². The number of likely N-dealkylation sites (tertiary alicyclic amines) is 2. The largest absolute Gasteiger partial charge is 0.444 e. The van der Waals surface area contributed by atoms with E-state index in [-0.39, 0.29) is 40.0 Å². The molecule has 2 unspecified atom stereocenters. The first-order valence-electron chi connectivity index (χ1n) is 24.8. The fourth-order valence-electron chi connectivity index (χ4n) is 11.1. The van der Waals surface area contributed by atoms with E-state index in [1.165, 1.54) is 27.5 Å². The summed E-state index contributed by atoms with van der Waals surface area (Å²) in [7, 11) is 0. The van der Waals surface area contributed by atoms with Crippen molar-refractivity contribution in [3.05, 3.63) is 83.6 Å². The zero-order valence-corrected chi connectivity index (χ0v) is 42.7. The Bertz CT molecular complexity index is 3030. The van der Waals surface area contributed by atoms with Crippen molar-refractivity contribution in [2.45, 2.75) is 168 Å². The molecule has 10 rings (SSSR count). The lowest BCUT2D eigenvalue weighted by Crippen LogP contribution is -2.44. The zero-order chi connectivity index (χ0) is 51.1. The number of rotatable bonds is 4.